The van der Waals surface area contributed by atoms with Crippen molar-refractivity contribution in [3.8, 4) is 0 Å². The first-order chi connectivity index (χ1) is 11.6. The zero-order chi connectivity index (χ0) is 16.9. The van der Waals surface area contributed by atoms with Gasteiger partial charge < -0.3 is 15.5 Å². The Hall–Kier alpha value is -2.82. The SMILES string of the molecule is CC(=O)N(Cc1ccc(NC(=O)Nc2ccccc2)cc1)C1CC1. The maximum Gasteiger partial charge on any atom is 0.323 e. The molecule has 1 aliphatic carbocycles. The average molecular weight is 323 g/mol. The standard InChI is InChI=1S/C19H21N3O2/c1-14(23)22(18-11-12-18)13-15-7-9-17(10-8-15)21-19(24)20-16-5-3-2-4-6-16/h2-10,18H,11-13H2,1H3,(H2,20,21,24). The summed E-state index contributed by atoms with van der Waals surface area (Å²) in [6.07, 6.45) is 2.19. The van der Waals surface area contributed by atoms with Gasteiger partial charge in [-0.05, 0) is 42.7 Å². The smallest absolute Gasteiger partial charge is 0.323 e. The van der Waals surface area contributed by atoms with Gasteiger partial charge in [0.2, 0.25) is 5.91 Å². The van der Waals surface area contributed by atoms with Crippen molar-refractivity contribution < 1.29 is 9.59 Å². The molecule has 0 heterocycles. The molecule has 3 amide bonds. The number of hydrogen-bond acceptors (Lipinski definition) is 2. The fraction of sp³-hybridized carbons (Fsp3) is 0.263. The number of nitrogens with one attached hydrogen (secondary N) is 2. The van der Waals surface area contributed by atoms with E-state index in [2.05, 4.69) is 10.6 Å². The molecule has 2 aromatic rings. The van der Waals surface area contributed by atoms with Crippen LogP contribution in [0, 0.1) is 0 Å². The van der Waals surface area contributed by atoms with E-state index >= 15 is 0 Å². The zero-order valence-corrected chi connectivity index (χ0v) is 13.7. The van der Waals surface area contributed by atoms with Gasteiger partial charge in [-0.25, -0.2) is 4.79 Å². The van der Waals surface area contributed by atoms with Crippen LogP contribution in [-0.4, -0.2) is 22.9 Å². The molecule has 1 saturated carbocycles. The summed E-state index contributed by atoms with van der Waals surface area (Å²) in [5.74, 6) is 0.113. The minimum Gasteiger partial charge on any atom is -0.336 e. The molecule has 0 spiro atoms. The number of nitrogens with zero attached hydrogens (tertiary/aromatic N) is 1. The van der Waals surface area contributed by atoms with Gasteiger partial charge in [-0.15, -0.1) is 0 Å². The molecule has 0 aromatic heterocycles. The molecule has 2 N–H and O–H groups in total. The first-order valence-electron chi connectivity index (χ1n) is 8.11. The molecule has 0 saturated heterocycles. The largest absolute Gasteiger partial charge is 0.336 e. The number of hydrogen-bond donors (Lipinski definition) is 2. The van der Waals surface area contributed by atoms with Crippen LogP contribution in [0.2, 0.25) is 0 Å². The van der Waals surface area contributed by atoms with E-state index in [1.54, 1.807) is 6.92 Å². The molecule has 5 nitrogen and oxygen atoms in total. The average Bonchev–Trinajstić information content (AvgIpc) is 3.39. The lowest BCUT2D eigenvalue weighted by Gasteiger charge is -2.20. The van der Waals surface area contributed by atoms with E-state index in [4.69, 9.17) is 0 Å². The van der Waals surface area contributed by atoms with Crippen LogP contribution >= 0.6 is 0 Å². The highest BCUT2D eigenvalue weighted by Gasteiger charge is 2.30. The molecule has 124 valence electrons. The Morgan fingerprint density at radius 3 is 2.08 bits per heavy atom. The van der Waals surface area contributed by atoms with E-state index < -0.39 is 0 Å². The van der Waals surface area contributed by atoms with Crippen molar-refractivity contribution in [2.24, 2.45) is 0 Å². The first kappa shape index (κ1) is 16.1. The third-order valence-corrected chi connectivity index (χ3v) is 3.99. The van der Waals surface area contributed by atoms with Crippen molar-refractivity contribution in [1.29, 1.82) is 0 Å². The highest BCUT2D eigenvalue weighted by atomic mass is 16.2. The second-order valence-corrected chi connectivity index (χ2v) is 6.02. The van der Waals surface area contributed by atoms with Gasteiger partial charge in [-0.1, -0.05) is 30.3 Å². The monoisotopic (exact) mass is 323 g/mol. The highest BCUT2D eigenvalue weighted by Crippen LogP contribution is 2.28. The lowest BCUT2D eigenvalue weighted by atomic mass is 10.2. The van der Waals surface area contributed by atoms with Crippen molar-refractivity contribution in [3.05, 3.63) is 60.2 Å². The minimum absolute atomic E-state index is 0.113. The van der Waals surface area contributed by atoms with Gasteiger partial charge in [0.15, 0.2) is 0 Å². The number of para-hydroxylation sites is 1. The quantitative estimate of drug-likeness (QED) is 0.878. The van der Waals surface area contributed by atoms with E-state index in [0.29, 0.717) is 18.3 Å². The molecule has 5 heteroatoms. The molecule has 0 bridgehead atoms. The van der Waals surface area contributed by atoms with Crippen molar-refractivity contribution in [3.63, 3.8) is 0 Å². The summed E-state index contributed by atoms with van der Waals surface area (Å²) < 4.78 is 0. The fourth-order valence-electron chi connectivity index (χ4n) is 2.59. The van der Waals surface area contributed by atoms with Crippen LogP contribution < -0.4 is 10.6 Å². The number of amides is 3. The lowest BCUT2D eigenvalue weighted by Crippen LogP contribution is -2.30. The summed E-state index contributed by atoms with van der Waals surface area (Å²) in [6, 6.07) is 17.0. The molecule has 24 heavy (non-hydrogen) atoms. The summed E-state index contributed by atoms with van der Waals surface area (Å²) in [5, 5.41) is 5.57. The number of urea groups is 1. The van der Waals surface area contributed by atoms with Gasteiger partial charge in [0.05, 0.1) is 0 Å². The second-order valence-electron chi connectivity index (χ2n) is 6.02. The van der Waals surface area contributed by atoms with Crippen LogP contribution in [0.15, 0.2) is 54.6 Å². The normalized spacial score (nSPS) is 13.2. The number of carbonyl (C=O) groups excluding carboxylic acids is 2. The summed E-state index contributed by atoms with van der Waals surface area (Å²) in [5.41, 5.74) is 2.52. The van der Waals surface area contributed by atoms with Gasteiger partial charge >= 0.3 is 6.03 Å². The number of carbonyl (C=O) groups is 2. The maximum absolute atomic E-state index is 12.0. The minimum atomic E-state index is -0.280. The van der Waals surface area contributed by atoms with E-state index in [-0.39, 0.29) is 11.9 Å². The van der Waals surface area contributed by atoms with Gasteiger partial charge in [-0.2, -0.15) is 0 Å². The van der Waals surface area contributed by atoms with E-state index in [9.17, 15) is 9.59 Å². The summed E-state index contributed by atoms with van der Waals surface area (Å²) in [6.45, 7) is 2.23. The van der Waals surface area contributed by atoms with Crippen LogP contribution in [-0.2, 0) is 11.3 Å². The van der Waals surface area contributed by atoms with Crippen molar-refractivity contribution in [1.82, 2.24) is 4.90 Å². The zero-order valence-electron chi connectivity index (χ0n) is 13.7. The molecule has 0 aliphatic heterocycles. The molecule has 0 atom stereocenters. The van der Waals surface area contributed by atoms with Gasteiger partial charge in [0, 0.05) is 30.9 Å². The Morgan fingerprint density at radius 1 is 0.958 bits per heavy atom. The topological polar surface area (TPSA) is 61.4 Å². The van der Waals surface area contributed by atoms with Crippen LogP contribution in [0.3, 0.4) is 0 Å². The predicted octanol–water partition coefficient (Wildman–Crippen LogP) is 3.84. The molecule has 0 unspecified atom stereocenters. The Kier molecular flexibility index (Phi) is 4.79. The van der Waals surface area contributed by atoms with Crippen LogP contribution in [0.25, 0.3) is 0 Å². The van der Waals surface area contributed by atoms with E-state index in [1.807, 2.05) is 59.5 Å². The fourth-order valence-corrected chi connectivity index (χ4v) is 2.59. The summed E-state index contributed by atoms with van der Waals surface area (Å²) >= 11 is 0. The number of benzene rings is 2. The predicted molar refractivity (Wildman–Crippen MR) is 94.8 cm³/mol. The van der Waals surface area contributed by atoms with E-state index in [0.717, 1.165) is 24.1 Å². The highest BCUT2D eigenvalue weighted by molar-refractivity contribution is 5.99. The van der Waals surface area contributed by atoms with Gasteiger partial charge in [-0.3, -0.25) is 4.79 Å². The van der Waals surface area contributed by atoms with Crippen LogP contribution in [0.1, 0.15) is 25.3 Å². The molecule has 0 radical (unpaired) electrons. The van der Waals surface area contributed by atoms with Crippen molar-refractivity contribution in [2.75, 3.05) is 10.6 Å². The van der Waals surface area contributed by atoms with Gasteiger partial charge in [0.1, 0.15) is 0 Å². The Labute approximate surface area is 141 Å². The maximum atomic E-state index is 12.0. The number of anilines is 2. The molecule has 3 rings (SSSR count). The molecule has 2 aromatic carbocycles. The first-order valence-corrected chi connectivity index (χ1v) is 8.11. The van der Waals surface area contributed by atoms with Crippen molar-refractivity contribution in [2.45, 2.75) is 32.4 Å². The Balaban J connectivity index is 1.56. The third kappa shape index (κ3) is 4.35. The molecular formula is C19H21N3O2. The molecule has 1 fully saturated rings. The van der Waals surface area contributed by atoms with Crippen molar-refractivity contribution >= 4 is 23.3 Å². The third-order valence-electron chi connectivity index (χ3n) is 3.99. The van der Waals surface area contributed by atoms with Gasteiger partial charge in [0.25, 0.3) is 0 Å². The lowest BCUT2D eigenvalue weighted by molar-refractivity contribution is -0.130. The Morgan fingerprint density at radius 2 is 1.54 bits per heavy atom. The number of rotatable bonds is 5. The summed E-state index contributed by atoms with van der Waals surface area (Å²) in [7, 11) is 0. The van der Waals surface area contributed by atoms with Crippen LogP contribution in [0.4, 0.5) is 16.2 Å². The second kappa shape index (κ2) is 7.17. The Bertz CT molecular complexity index is 709. The van der Waals surface area contributed by atoms with Crippen LogP contribution in [0.5, 0.6) is 0 Å². The molecule has 1 aliphatic rings. The summed E-state index contributed by atoms with van der Waals surface area (Å²) in [4.78, 5) is 25.5. The molecular weight excluding hydrogens is 302 g/mol. The van der Waals surface area contributed by atoms with E-state index in [1.165, 1.54) is 0 Å².